The number of rotatable bonds is 11. The summed E-state index contributed by atoms with van der Waals surface area (Å²) in [5.41, 5.74) is 10.4. The highest BCUT2D eigenvalue weighted by Gasteiger charge is 2.26. The van der Waals surface area contributed by atoms with E-state index >= 15 is 0 Å². The van der Waals surface area contributed by atoms with Crippen molar-refractivity contribution in [2.45, 2.75) is 46.3 Å². The van der Waals surface area contributed by atoms with E-state index in [0.717, 1.165) is 28.7 Å². The Morgan fingerprint density at radius 2 is 1.78 bits per heavy atom. The van der Waals surface area contributed by atoms with Crippen molar-refractivity contribution >= 4 is 12.3 Å². The molecular formula is C26H32N2O4. The van der Waals surface area contributed by atoms with Crippen molar-refractivity contribution in [1.82, 2.24) is 10.9 Å². The monoisotopic (exact) mass is 436 g/mol. The summed E-state index contributed by atoms with van der Waals surface area (Å²) >= 11 is 0. The van der Waals surface area contributed by atoms with Crippen LogP contribution in [0.2, 0.25) is 0 Å². The van der Waals surface area contributed by atoms with Gasteiger partial charge in [-0.15, -0.1) is 0 Å². The predicted molar refractivity (Wildman–Crippen MR) is 124 cm³/mol. The topological polar surface area (TPSA) is 76.7 Å². The molecule has 0 radical (unpaired) electrons. The quantitative estimate of drug-likeness (QED) is 0.410. The number of hydrogen-bond acceptors (Lipinski definition) is 6. The molecule has 6 nitrogen and oxygen atoms in total. The summed E-state index contributed by atoms with van der Waals surface area (Å²) in [6.07, 6.45) is 2.25. The van der Waals surface area contributed by atoms with Crippen LogP contribution in [0.5, 0.6) is 5.75 Å². The second-order valence-corrected chi connectivity index (χ2v) is 8.31. The minimum absolute atomic E-state index is 0.248. The molecule has 2 aromatic carbocycles. The van der Waals surface area contributed by atoms with Gasteiger partial charge in [-0.2, -0.15) is 0 Å². The molecule has 32 heavy (non-hydrogen) atoms. The molecule has 0 aliphatic carbocycles. The molecule has 0 amide bonds. The Kier molecular flexibility index (Phi) is 8.45. The second kappa shape index (κ2) is 11.5. The molecule has 0 bridgehead atoms. The number of carbonyl (C=O) groups is 2. The van der Waals surface area contributed by atoms with Crippen molar-refractivity contribution in [3.63, 3.8) is 0 Å². The zero-order chi connectivity index (χ0) is 22.9. The molecule has 1 aliphatic rings. The Bertz CT molecular complexity index is 923. The van der Waals surface area contributed by atoms with Gasteiger partial charge in [-0.3, -0.25) is 4.79 Å². The lowest BCUT2D eigenvalue weighted by Gasteiger charge is -2.16. The molecule has 2 aromatic rings. The molecule has 2 unspecified atom stereocenters. The molecule has 0 aromatic heterocycles. The number of benzene rings is 2. The number of carbonyl (C=O) groups excluding carboxylic acids is 2. The smallest absolute Gasteiger partial charge is 0.312 e. The summed E-state index contributed by atoms with van der Waals surface area (Å²) in [5.74, 6) is 0.441. The number of esters is 1. The maximum absolute atomic E-state index is 12.4. The SMILES string of the molecule is CCC(COc1ccc(CC2=C(C(C)C)NNC2C=O)cc1)C(=O)OCc1ccccc1. The summed E-state index contributed by atoms with van der Waals surface area (Å²) in [7, 11) is 0. The van der Waals surface area contributed by atoms with Crippen LogP contribution in [0.4, 0.5) is 0 Å². The van der Waals surface area contributed by atoms with Gasteiger partial charge in [0.2, 0.25) is 0 Å². The van der Waals surface area contributed by atoms with Gasteiger partial charge >= 0.3 is 5.97 Å². The van der Waals surface area contributed by atoms with Crippen molar-refractivity contribution in [1.29, 1.82) is 0 Å². The summed E-state index contributed by atoms with van der Waals surface area (Å²) in [6, 6.07) is 17.1. The highest BCUT2D eigenvalue weighted by Crippen LogP contribution is 2.24. The molecule has 1 heterocycles. The van der Waals surface area contributed by atoms with Crippen LogP contribution in [0.3, 0.4) is 0 Å². The largest absolute Gasteiger partial charge is 0.493 e. The summed E-state index contributed by atoms with van der Waals surface area (Å²) in [6.45, 7) is 6.69. The van der Waals surface area contributed by atoms with Crippen molar-refractivity contribution in [3.05, 3.63) is 77.0 Å². The van der Waals surface area contributed by atoms with E-state index in [4.69, 9.17) is 9.47 Å². The van der Waals surface area contributed by atoms with Crippen molar-refractivity contribution in [3.8, 4) is 5.75 Å². The number of aldehydes is 1. The lowest BCUT2D eigenvalue weighted by molar-refractivity contribution is -0.151. The highest BCUT2D eigenvalue weighted by atomic mass is 16.5. The average molecular weight is 437 g/mol. The Morgan fingerprint density at radius 3 is 2.41 bits per heavy atom. The Morgan fingerprint density at radius 1 is 1.06 bits per heavy atom. The van der Waals surface area contributed by atoms with Gasteiger partial charge in [0.15, 0.2) is 0 Å². The van der Waals surface area contributed by atoms with Crippen molar-refractivity contribution < 1.29 is 19.1 Å². The molecule has 0 saturated carbocycles. The van der Waals surface area contributed by atoms with E-state index in [9.17, 15) is 9.59 Å². The Labute approximate surface area is 190 Å². The average Bonchev–Trinajstić information content (AvgIpc) is 3.22. The van der Waals surface area contributed by atoms with E-state index in [1.165, 1.54) is 0 Å². The van der Waals surface area contributed by atoms with Crippen LogP contribution < -0.4 is 15.6 Å². The van der Waals surface area contributed by atoms with Crippen LogP contribution in [0, 0.1) is 11.8 Å². The van der Waals surface area contributed by atoms with E-state index in [0.29, 0.717) is 24.5 Å². The van der Waals surface area contributed by atoms with E-state index in [2.05, 4.69) is 24.7 Å². The molecule has 0 spiro atoms. The first-order chi connectivity index (χ1) is 15.5. The van der Waals surface area contributed by atoms with Crippen LogP contribution in [0.1, 0.15) is 38.3 Å². The molecule has 0 fully saturated rings. The minimum atomic E-state index is -0.318. The summed E-state index contributed by atoms with van der Waals surface area (Å²) in [5, 5.41) is 0. The first-order valence-electron chi connectivity index (χ1n) is 11.1. The van der Waals surface area contributed by atoms with E-state index in [1.54, 1.807) is 0 Å². The zero-order valence-corrected chi connectivity index (χ0v) is 19.0. The summed E-state index contributed by atoms with van der Waals surface area (Å²) in [4.78, 5) is 23.8. The van der Waals surface area contributed by atoms with Gasteiger partial charge in [0.25, 0.3) is 0 Å². The van der Waals surface area contributed by atoms with Crippen LogP contribution in [-0.4, -0.2) is 24.9 Å². The number of ether oxygens (including phenoxy) is 2. The first kappa shape index (κ1) is 23.5. The zero-order valence-electron chi connectivity index (χ0n) is 19.0. The van der Waals surface area contributed by atoms with E-state index in [1.807, 2.05) is 61.5 Å². The second-order valence-electron chi connectivity index (χ2n) is 8.31. The molecule has 2 N–H and O–H groups in total. The molecule has 1 aliphatic heterocycles. The molecular weight excluding hydrogens is 404 g/mol. The van der Waals surface area contributed by atoms with Gasteiger partial charge < -0.3 is 19.7 Å². The van der Waals surface area contributed by atoms with Crippen LogP contribution >= 0.6 is 0 Å². The third kappa shape index (κ3) is 6.20. The van der Waals surface area contributed by atoms with Crippen LogP contribution in [0.15, 0.2) is 65.9 Å². The Hall–Kier alpha value is -3.12. The van der Waals surface area contributed by atoms with Gasteiger partial charge in [0, 0.05) is 5.70 Å². The number of nitrogens with one attached hydrogen (secondary N) is 2. The van der Waals surface area contributed by atoms with Crippen LogP contribution in [0.25, 0.3) is 0 Å². The number of hydrazine groups is 1. The first-order valence-corrected chi connectivity index (χ1v) is 11.1. The maximum Gasteiger partial charge on any atom is 0.312 e. The van der Waals surface area contributed by atoms with Gasteiger partial charge in [-0.05, 0) is 47.6 Å². The fourth-order valence-electron chi connectivity index (χ4n) is 3.65. The standard InChI is InChI=1S/C26H32N2O4/c1-4-21(26(30)32-16-20-8-6-5-7-9-20)17-31-22-12-10-19(11-13-22)14-23-24(15-29)27-28-25(23)18(2)3/h5-13,15,18,21,24,27-28H,4,14,16-17H2,1-3H3. The molecule has 170 valence electrons. The third-order valence-electron chi connectivity index (χ3n) is 5.62. The third-order valence-corrected chi connectivity index (χ3v) is 5.62. The normalized spacial score (nSPS) is 16.6. The fraction of sp³-hybridized carbons (Fsp3) is 0.385. The summed E-state index contributed by atoms with van der Waals surface area (Å²) < 4.78 is 11.3. The van der Waals surface area contributed by atoms with Gasteiger partial charge in [-0.25, -0.2) is 5.43 Å². The van der Waals surface area contributed by atoms with Crippen LogP contribution in [-0.2, 0) is 27.4 Å². The van der Waals surface area contributed by atoms with Gasteiger partial charge in [0.1, 0.15) is 31.3 Å². The Balaban J connectivity index is 1.54. The van der Waals surface area contributed by atoms with Crippen molar-refractivity contribution in [2.75, 3.05) is 6.61 Å². The van der Waals surface area contributed by atoms with E-state index < -0.39 is 0 Å². The van der Waals surface area contributed by atoms with Gasteiger partial charge in [0.05, 0.1) is 5.92 Å². The lowest BCUT2D eigenvalue weighted by atomic mass is 9.95. The number of allylic oxidation sites excluding steroid dienone is 1. The lowest BCUT2D eigenvalue weighted by Crippen LogP contribution is -2.34. The maximum atomic E-state index is 12.4. The highest BCUT2D eigenvalue weighted by molar-refractivity contribution is 5.72. The number of hydrogen-bond donors (Lipinski definition) is 2. The van der Waals surface area contributed by atoms with Crippen molar-refractivity contribution in [2.24, 2.45) is 11.8 Å². The molecule has 2 atom stereocenters. The minimum Gasteiger partial charge on any atom is -0.493 e. The van der Waals surface area contributed by atoms with Gasteiger partial charge in [-0.1, -0.05) is 63.2 Å². The molecule has 6 heteroatoms. The molecule has 0 saturated heterocycles. The van der Waals surface area contributed by atoms with E-state index in [-0.39, 0.29) is 31.1 Å². The molecule has 3 rings (SSSR count). The predicted octanol–water partition coefficient (Wildman–Crippen LogP) is 3.96. The fourth-order valence-corrected chi connectivity index (χ4v) is 3.65.